The molecule has 158 valence electrons. The SMILES string of the molecule is O=C(O)CC1=CC2C=CC(C(=O)[AsH]CCNc3ccccn3)=CC2Cc2ccccc21. The van der Waals surface area contributed by atoms with Gasteiger partial charge in [-0.15, -0.1) is 0 Å². The maximum atomic E-state index is 12.8. The summed E-state index contributed by atoms with van der Waals surface area (Å²) >= 11 is -0.759. The molecule has 0 aliphatic heterocycles. The average Bonchev–Trinajstić information content (AvgIpc) is 2.93. The van der Waals surface area contributed by atoms with Gasteiger partial charge in [0.05, 0.1) is 0 Å². The Hall–Kier alpha value is -2.91. The first-order valence-electron chi connectivity index (χ1n) is 10.4. The average molecular weight is 476 g/mol. The first kappa shape index (κ1) is 21.3. The number of hydrogen-bond acceptors (Lipinski definition) is 4. The number of fused-ring (bicyclic) bond motifs is 2. The summed E-state index contributed by atoms with van der Waals surface area (Å²) in [5, 5.41) is 13.5. The molecule has 0 saturated carbocycles. The van der Waals surface area contributed by atoms with Crippen LogP contribution in [0.1, 0.15) is 17.5 Å². The van der Waals surface area contributed by atoms with E-state index in [1.54, 1.807) is 6.20 Å². The molecule has 4 rings (SSSR count). The van der Waals surface area contributed by atoms with Crippen LogP contribution in [-0.4, -0.2) is 42.9 Å². The number of pyridine rings is 1. The molecule has 31 heavy (non-hydrogen) atoms. The fourth-order valence-corrected chi connectivity index (χ4v) is 5.90. The van der Waals surface area contributed by atoms with Crippen LogP contribution in [0.2, 0.25) is 5.21 Å². The number of hydrogen-bond donors (Lipinski definition) is 2. The van der Waals surface area contributed by atoms with Crippen molar-refractivity contribution in [2.45, 2.75) is 18.1 Å². The summed E-state index contributed by atoms with van der Waals surface area (Å²) in [4.78, 5) is 28.4. The van der Waals surface area contributed by atoms with E-state index in [9.17, 15) is 14.7 Å². The van der Waals surface area contributed by atoms with Crippen LogP contribution in [-0.2, 0) is 16.0 Å². The molecular weight excluding hydrogens is 451 g/mol. The van der Waals surface area contributed by atoms with Gasteiger partial charge >= 0.3 is 189 Å². The molecule has 2 aliphatic rings. The summed E-state index contributed by atoms with van der Waals surface area (Å²) in [6.45, 7) is 0.750. The monoisotopic (exact) mass is 476 g/mol. The molecule has 0 saturated heterocycles. The van der Waals surface area contributed by atoms with Gasteiger partial charge in [0.15, 0.2) is 0 Å². The van der Waals surface area contributed by atoms with E-state index >= 15 is 0 Å². The zero-order chi connectivity index (χ0) is 21.6. The zero-order valence-corrected chi connectivity index (χ0v) is 19.2. The number of carbonyl (C=O) groups is 2. The van der Waals surface area contributed by atoms with Crippen LogP contribution in [0.4, 0.5) is 5.82 Å². The number of allylic oxidation sites excluding steroid dienone is 5. The summed E-state index contributed by atoms with van der Waals surface area (Å²) in [6, 6.07) is 13.8. The first-order chi connectivity index (χ1) is 15.1. The van der Waals surface area contributed by atoms with Crippen LogP contribution < -0.4 is 5.32 Å². The molecule has 1 heterocycles. The second-order valence-corrected chi connectivity index (χ2v) is 10.5. The Bertz CT molecular complexity index is 1060. The van der Waals surface area contributed by atoms with Crippen molar-refractivity contribution in [1.29, 1.82) is 0 Å². The number of aliphatic carboxylic acids is 1. The van der Waals surface area contributed by atoms with Crippen molar-refractivity contribution in [1.82, 2.24) is 4.98 Å². The van der Waals surface area contributed by atoms with Crippen molar-refractivity contribution in [2.24, 2.45) is 11.8 Å². The van der Waals surface area contributed by atoms with Gasteiger partial charge < -0.3 is 0 Å². The van der Waals surface area contributed by atoms with Gasteiger partial charge in [-0.05, 0) is 0 Å². The number of carboxylic acid groups (broad SMARTS) is 1. The van der Waals surface area contributed by atoms with Gasteiger partial charge in [0.1, 0.15) is 0 Å². The third kappa shape index (κ3) is 5.42. The molecule has 3 atom stereocenters. The fourth-order valence-electron chi connectivity index (χ4n) is 4.12. The Balaban J connectivity index is 1.43. The van der Waals surface area contributed by atoms with Gasteiger partial charge in [0, 0.05) is 0 Å². The van der Waals surface area contributed by atoms with Crippen molar-refractivity contribution in [2.75, 3.05) is 11.9 Å². The second kappa shape index (κ2) is 9.93. The number of carboxylic acids is 1. The Morgan fingerprint density at radius 1 is 1.13 bits per heavy atom. The topological polar surface area (TPSA) is 79.3 Å². The maximum absolute atomic E-state index is 12.8. The van der Waals surface area contributed by atoms with E-state index < -0.39 is 21.7 Å². The molecule has 1 aromatic carbocycles. The third-order valence-electron chi connectivity index (χ3n) is 5.58. The van der Waals surface area contributed by atoms with Crippen LogP contribution in [0.15, 0.2) is 78.5 Å². The standard InChI is InChI=1S/C25H25AsN2O3/c29-24(30)16-21-13-17-8-9-19(15-20(17)14-18-5-1-2-6-22(18)21)25(31)26-10-12-28-23-7-3-4-11-27-23/h1-9,11,13,15,17,20,26H,10,12,14,16H2,(H,27,28)(H,29,30). The van der Waals surface area contributed by atoms with E-state index in [1.807, 2.05) is 42.5 Å². The number of aromatic nitrogens is 1. The number of rotatable bonds is 8. The van der Waals surface area contributed by atoms with Crippen molar-refractivity contribution in [3.8, 4) is 0 Å². The Kier molecular flexibility index (Phi) is 6.83. The van der Waals surface area contributed by atoms with Gasteiger partial charge in [0.25, 0.3) is 0 Å². The molecule has 6 heteroatoms. The number of nitrogens with one attached hydrogen (secondary N) is 1. The molecule has 0 amide bonds. The van der Waals surface area contributed by atoms with Crippen LogP contribution >= 0.6 is 0 Å². The predicted molar refractivity (Wildman–Crippen MR) is 124 cm³/mol. The third-order valence-corrected chi connectivity index (χ3v) is 7.91. The predicted octanol–water partition coefficient (Wildman–Crippen LogP) is 3.72. The summed E-state index contributed by atoms with van der Waals surface area (Å²) in [6.07, 6.45) is 10.8. The van der Waals surface area contributed by atoms with Crippen LogP contribution in [0.25, 0.3) is 5.57 Å². The Morgan fingerprint density at radius 2 is 1.97 bits per heavy atom. The van der Waals surface area contributed by atoms with Gasteiger partial charge in [-0.25, -0.2) is 0 Å². The number of carbonyl (C=O) groups excluding carboxylic acids is 1. The number of nitrogens with zero attached hydrogens (tertiary/aromatic N) is 1. The van der Waals surface area contributed by atoms with Crippen molar-refractivity contribution >= 4 is 37.7 Å². The van der Waals surface area contributed by atoms with Gasteiger partial charge in [-0.1, -0.05) is 0 Å². The van der Waals surface area contributed by atoms with E-state index in [0.29, 0.717) is 0 Å². The van der Waals surface area contributed by atoms with Crippen LogP contribution in [0.5, 0.6) is 0 Å². The van der Waals surface area contributed by atoms with Crippen molar-refractivity contribution in [3.05, 3.63) is 89.7 Å². The van der Waals surface area contributed by atoms with Gasteiger partial charge in [-0.2, -0.15) is 0 Å². The normalized spacial score (nSPS) is 19.7. The van der Waals surface area contributed by atoms with E-state index in [-0.39, 0.29) is 22.8 Å². The number of benzene rings is 1. The summed E-state index contributed by atoms with van der Waals surface area (Å²) in [5.41, 5.74) is 3.84. The zero-order valence-electron chi connectivity index (χ0n) is 17.1. The molecule has 0 radical (unpaired) electrons. The second-order valence-electron chi connectivity index (χ2n) is 7.74. The molecule has 2 aliphatic carbocycles. The molecule has 0 bridgehead atoms. The van der Waals surface area contributed by atoms with E-state index in [2.05, 4.69) is 34.6 Å². The summed E-state index contributed by atoms with van der Waals surface area (Å²) in [5.74, 6) is 0.302. The van der Waals surface area contributed by atoms with Crippen LogP contribution in [0, 0.1) is 11.8 Å². The molecule has 5 nitrogen and oxygen atoms in total. The van der Waals surface area contributed by atoms with Crippen molar-refractivity contribution in [3.63, 3.8) is 0 Å². The first-order valence-corrected chi connectivity index (χ1v) is 13.0. The molecule has 0 fully saturated rings. The van der Waals surface area contributed by atoms with Gasteiger partial charge in [-0.3, -0.25) is 0 Å². The quantitative estimate of drug-likeness (QED) is 0.449. The molecule has 1 aromatic heterocycles. The summed E-state index contributed by atoms with van der Waals surface area (Å²) < 4.78 is 0.268. The number of anilines is 1. The minimum atomic E-state index is -0.824. The molecular formula is C25H25AsN2O3. The molecule has 3 unspecified atom stereocenters. The Labute approximate surface area is 188 Å². The minimum absolute atomic E-state index is 0.0130. The fraction of sp³-hybridized carbons (Fsp3) is 0.240. The summed E-state index contributed by atoms with van der Waals surface area (Å²) in [7, 11) is 0. The Morgan fingerprint density at radius 3 is 2.77 bits per heavy atom. The van der Waals surface area contributed by atoms with Crippen molar-refractivity contribution < 1.29 is 14.7 Å². The van der Waals surface area contributed by atoms with E-state index in [0.717, 1.165) is 46.3 Å². The van der Waals surface area contributed by atoms with E-state index in [1.165, 1.54) is 0 Å². The van der Waals surface area contributed by atoms with Gasteiger partial charge in [0.2, 0.25) is 0 Å². The molecule has 2 N–H and O–H groups in total. The molecule has 0 spiro atoms. The molecule has 2 aromatic rings. The van der Waals surface area contributed by atoms with E-state index in [4.69, 9.17) is 0 Å². The van der Waals surface area contributed by atoms with Crippen LogP contribution in [0.3, 0.4) is 0 Å².